The summed E-state index contributed by atoms with van der Waals surface area (Å²) in [6, 6.07) is 5.41. The van der Waals surface area contributed by atoms with Crippen molar-refractivity contribution < 1.29 is 9.59 Å². The van der Waals surface area contributed by atoms with Crippen LogP contribution in [0.15, 0.2) is 24.4 Å². The highest BCUT2D eigenvalue weighted by molar-refractivity contribution is 6.02. The molecule has 0 aliphatic carbocycles. The number of fused-ring (bicyclic) bond motifs is 1. The van der Waals surface area contributed by atoms with Gasteiger partial charge in [0.25, 0.3) is 11.8 Å². The molecule has 0 fully saturated rings. The predicted octanol–water partition coefficient (Wildman–Crippen LogP) is 1.86. The molecular weight excluding hydrogens is 280 g/mol. The highest BCUT2D eigenvalue weighted by Crippen LogP contribution is 2.13. The highest BCUT2D eigenvalue weighted by Gasteiger charge is 2.21. The summed E-state index contributed by atoms with van der Waals surface area (Å²) >= 11 is 0. The van der Waals surface area contributed by atoms with Crippen LogP contribution in [0.4, 0.5) is 0 Å². The van der Waals surface area contributed by atoms with Crippen molar-refractivity contribution in [2.75, 3.05) is 6.54 Å². The summed E-state index contributed by atoms with van der Waals surface area (Å²) < 4.78 is 1.64. The molecule has 0 atom stereocenters. The van der Waals surface area contributed by atoms with Gasteiger partial charge in [-0.2, -0.15) is 0 Å². The second-order valence-electron chi connectivity index (χ2n) is 5.97. The lowest BCUT2D eigenvalue weighted by Crippen LogP contribution is -2.31. The molecule has 2 aromatic heterocycles. The zero-order chi connectivity index (χ0) is 16.3. The summed E-state index contributed by atoms with van der Waals surface area (Å²) in [5.74, 6) is 0.0177. The number of carbonyl (C=O) groups excluding carboxylic acids is 2. The average Bonchev–Trinajstić information content (AvgIpc) is 2.83. The van der Waals surface area contributed by atoms with E-state index in [1.807, 2.05) is 33.8 Å². The Morgan fingerprint density at radius 2 is 1.91 bits per heavy atom. The lowest BCUT2D eigenvalue weighted by atomic mass is 10.2. The van der Waals surface area contributed by atoms with Crippen molar-refractivity contribution in [2.24, 2.45) is 5.92 Å². The van der Waals surface area contributed by atoms with Crippen molar-refractivity contribution in [3.63, 3.8) is 0 Å². The van der Waals surface area contributed by atoms with Gasteiger partial charge in [0.05, 0.1) is 5.52 Å². The van der Waals surface area contributed by atoms with Crippen LogP contribution in [0, 0.1) is 5.92 Å². The van der Waals surface area contributed by atoms with E-state index in [1.54, 1.807) is 22.7 Å². The minimum Gasteiger partial charge on any atom is -0.349 e. The number of pyridine rings is 1. The second kappa shape index (κ2) is 6.60. The molecule has 0 aliphatic heterocycles. The molecule has 2 aromatic rings. The molecular formula is C16H22N4O2. The third-order valence-corrected chi connectivity index (χ3v) is 3.06. The minimum absolute atomic E-state index is 0.00572. The summed E-state index contributed by atoms with van der Waals surface area (Å²) in [6.07, 6.45) is 1.73. The summed E-state index contributed by atoms with van der Waals surface area (Å²) in [7, 11) is 0. The zero-order valence-electron chi connectivity index (χ0n) is 13.4. The number of rotatable bonds is 5. The SMILES string of the molecule is CC(C)CNC(=O)c1nc(C(=O)NC(C)C)c2ccccn12. The van der Waals surface area contributed by atoms with Gasteiger partial charge in [-0.1, -0.05) is 19.9 Å². The number of imidazole rings is 1. The van der Waals surface area contributed by atoms with Crippen molar-refractivity contribution in [1.29, 1.82) is 0 Å². The fourth-order valence-electron chi connectivity index (χ4n) is 2.07. The molecule has 0 aliphatic rings. The molecule has 0 spiro atoms. The first-order valence-corrected chi connectivity index (χ1v) is 7.46. The van der Waals surface area contributed by atoms with Gasteiger partial charge in [-0.25, -0.2) is 4.98 Å². The van der Waals surface area contributed by atoms with Crippen LogP contribution >= 0.6 is 0 Å². The van der Waals surface area contributed by atoms with Gasteiger partial charge in [-0.15, -0.1) is 0 Å². The topological polar surface area (TPSA) is 75.5 Å². The van der Waals surface area contributed by atoms with Crippen molar-refractivity contribution in [3.8, 4) is 0 Å². The fourth-order valence-corrected chi connectivity index (χ4v) is 2.07. The number of nitrogens with one attached hydrogen (secondary N) is 2. The zero-order valence-corrected chi connectivity index (χ0v) is 13.4. The molecule has 0 bridgehead atoms. The van der Waals surface area contributed by atoms with E-state index in [9.17, 15) is 9.59 Å². The van der Waals surface area contributed by atoms with Crippen LogP contribution in [0.3, 0.4) is 0 Å². The number of amides is 2. The molecule has 6 nitrogen and oxygen atoms in total. The molecule has 2 N–H and O–H groups in total. The molecule has 22 heavy (non-hydrogen) atoms. The first-order valence-electron chi connectivity index (χ1n) is 7.46. The van der Waals surface area contributed by atoms with Gasteiger partial charge < -0.3 is 10.6 Å². The lowest BCUT2D eigenvalue weighted by Gasteiger charge is -2.06. The molecule has 118 valence electrons. The third-order valence-electron chi connectivity index (χ3n) is 3.06. The summed E-state index contributed by atoms with van der Waals surface area (Å²) in [5.41, 5.74) is 0.888. The van der Waals surface area contributed by atoms with Gasteiger partial charge in [0.1, 0.15) is 0 Å². The Hall–Kier alpha value is -2.37. The summed E-state index contributed by atoms with van der Waals surface area (Å²) in [6.45, 7) is 8.36. The molecule has 6 heteroatoms. The Kier molecular flexibility index (Phi) is 4.80. The highest BCUT2D eigenvalue weighted by atomic mass is 16.2. The van der Waals surface area contributed by atoms with Crippen LogP contribution < -0.4 is 10.6 Å². The van der Waals surface area contributed by atoms with E-state index in [0.29, 0.717) is 18.0 Å². The van der Waals surface area contributed by atoms with Gasteiger partial charge >= 0.3 is 0 Å². The number of carbonyl (C=O) groups is 2. The van der Waals surface area contributed by atoms with Gasteiger partial charge in [0, 0.05) is 18.8 Å². The van der Waals surface area contributed by atoms with Crippen LogP contribution in [0.25, 0.3) is 5.52 Å². The third kappa shape index (κ3) is 3.44. The van der Waals surface area contributed by atoms with E-state index < -0.39 is 0 Å². The Balaban J connectivity index is 2.39. The van der Waals surface area contributed by atoms with Gasteiger partial charge in [-0.3, -0.25) is 14.0 Å². The fraction of sp³-hybridized carbons (Fsp3) is 0.438. The quantitative estimate of drug-likeness (QED) is 0.885. The molecule has 0 unspecified atom stereocenters. The Morgan fingerprint density at radius 1 is 1.18 bits per heavy atom. The monoisotopic (exact) mass is 302 g/mol. The van der Waals surface area contributed by atoms with Crippen LogP contribution in [0.1, 0.15) is 48.8 Å². The summed E-state index contributed by atoms with van der Waals surface area (Å²) in [4.78, 5) is 28.8. The van der Waals surface area contributed by atoms with Crippen molar-refractivity contribution in [3.05, 3.63) is 35.9 Å². The minimum atomic E-state index is -0.279. The van der Waals surface area contributed by atoms with E-state index in [0.717, 1.165) is 0 Å². The van der Waals surface area contributed by atoms with Crippen molar-refractivity contribution >= 4 is 17.3 Å². The van der Waals surface area contributed by atoms with E-state index in [1.165, 1.54) is 0 Å². The maximum Gasteiger partial charge on any atom is 0.287 e. The van der Waals surface area contributed by atoms with E-state index in [-0.39, 0.29) is 29.4 Å². The van der Waals surface area contributed by atoms with Crippen LogP contribution in [0.2, 0.25) is 0 Å². The van der Waals surface area contributed by atoms with E-state index >= 15 is 0 Å². The van der Waals surface area contributed by atoms with Crippen LogP contribution in [0.5, 0.6) is 0 Å². The molecule has 2 amide bonds. The standard InChI is InChI=1S/C16H22N4O2/c1-10(2)9-17-16(22)14-19-13(15(21)18-11(3)4)12-7-5-6-8-20(12)14/h5-8,10-11H,9H2,1-4H3,(H,17,22)(H,18,21). The summed E-state index contributed by atoms with van der Waals surface area (Å²) in [5, 5.41) is 5.64. The van der Waals surface area contributed by atoms with Gasteiger partial charge in [0.15, 0.2) is 5.69 Å². The average molecular weight is 302 g/mol. The van der Waals surface area contributed by atoms with Crippen LogP contribution in [-0.2, 0) is 0 Å². The van der Waals surface area contributed by atoms with Crippen LogP contribution in [-0.4, -0.2) is 33.8 Å². The molecule has 2 heterocycles. The maximum atomic E-state index is 12.3. The van der Waals surface area contributed by atoms with Gasteiger partial charge in [0.2, 0.25) is 5.82 Å². The lowest BCUT2D eigenvalue weighted by molar-refractivity contribution is 0.0937. The molecule has 0 radical (unpaired) electrons. The first kappa shape index (κ1) is 16.0. The number of aromatic nitrogens is 2. The first-order chi connectivity index (χ1) is 10.4. The number of hydrogen-bond acceptors (Lipinski definition) is 3. The Morgan fingerprint density at radius 3 is 2.55 bits per heavy atom. The molecule has 2 rings (SSSR count). The number of nitrogens with zero attached hydrogens (tertiary/aromatic N) is 2. The van der Waals surface area contributed by atoms with E-state index in [2.05, 4.69) is 15.6 Å². The predicted molar refractivity (Wildman–Crippen MR) is 85.0 cm³/mol. The second-order valence-corrected chi connectivity index (χ2v) is 5.97. The van der Waals surface area contributed by atoms with E-state index in [4.69, 9.17) is 0 Å². The number of hydrogen-bond donors (Lipinski definition) is 2. The Bertz CT molecular complexity index is 689. The molecule has 0 saturated heterocycles. The van der Waals surface area contributed by atoms with Crippen molar-refractivity contribution in [1.82, 2.24) is 20.0 Å². The Labute approximate surface area is 129 Å². The normalized spacial score (nSPS) is 11.2. The maximum absolute atomic E-state index is 12.3. The van der Waals surface area contributed by atoms with Gasteiger partial charge in [-0.05, 0) is 31.9 Å². The van der Waals surface area contributed by atoms with Crippen molar-refractivity contribution in [2.45, 2.75) is 33.7 Å². The smallest absolute Gasteiger partial charge is 0.287 e. The largest absolute Gasteiger partial charge is 0.349 e. The molecule has 0 saturated carbocycles. The molecule has 0 aromatic carbocycles.